The van der Waals surface area contributed by atoms with Gasteiger partial charge >= 0.3 is 5.97 Å². The Bertz CT molecular complexity index is 1220. The summed E-state index contributed by atoms with van der Waals surface area (Å²) < 4.78 is 30.0. The number of fused-ring (bicyclic) bond motifs is 4. The molecule has 4 heterocycles. The summed E-state index contributed by atoms with van der Waals surface area (Å²) >= 11 is 0. The zero-order valence-electron chi connectivity index (χ0n) is 15.9. The van der Waals surface area contributed by atoms with Gasteiger partial charge in [-0.1, -0.05) is 0 Å². The monoisotopic (exact) mass is 411 g/mol. The first-order valence-corrected chi connectivity index (χ1v) is 9.80. The molecule has 6 nitrogen and oxygen atoms in total. The van der Waals surface area contributed by atoms with E-state index in [9.17, 15) is 19.1 Å². The van der Waals surface area contributed by atoms with Gasteiger partial charge in [0.1, 0.15) is 17.2 Å². The molecule has 6 rings (SSSR count). The Morgan fingerprint density at radius 3 is 2.50 bits per heavy atom. The number of carbonyl (C=O) groups is 1. The van der Waals surface area contributed by atoms with Crippen LogP contribution in [0.4, 0.5) is 14.5 Å². The highest BCUT2D eigenvalue weighted by molar-refractivity contribution is 5.94. The van der Waals surface area contributed by atoms with Crippen LogP contribution in [0.3, 0.4) is 0 Å². The van der Waals surface area contributed by atoms with E-state index in [-0.39, 0.29) is 11.4 Å². The number of anilines is 1. The summed E-state index contributed by atoms with van der Waals surface area (Å²) in [6.45, 7) is 1.44. The molecule has 2 aromatic carbocycles. The first-order valence-electron chi connectivity index (χ1n) is 9.80. The number of nitrogens with one attached hydrogen (secondary N) is 1. The molecule has 2 unspecified atom stereocenters. The number of nitrogens with zero attached hydrogens (tertiary/aromatic N) is 2. The summed E-state index contributed by atoms with van der Waals surface area (Å²) in [6.07, 6.45) is 3.21. The van der Waals surface area contributed by atoms with E-state index >= 15 is 4.39 Å². The maximum atomic E-state index is 15.1. The van der Waals surface area contributed by atoms with E-state index < -0.39 is 28.6 Å². The number of carboxylic acids is 1. The normalized spacial score (nSPS) is 20.7. The number of piperidine rings is 2. The van der Waals surface area contributed by atoms with Crippen molar-refractivity contribution in [1.82, 2.24) is 9.88 Å². The molecule has 2 N–H and O–H groups in total. The van der Waals surface area contributed by atoms with Crippen molar-refractivity contribution in [2.75, 3.05) is 18.0 Å². The fraction of sp³-hybridized carbons (Fsp3) is 0.273. The standard InChI is InChI=1S/C22H19F2N3O3/c23-12-1-4-14(5-2-12)27-11-17(22(29)30)21(28)16-7-18(24)20(8-19(16)27)26-10-13-3-6-15(26)9-25-13/h1-2,4-5,7-8,11,13,15,25H,3,6,9-10H2,(H,29,30). The number of halogens is 2. The highest BCUT2D eigenvalue weighted by Gasteiger charge is 2.35. The second-order valence-electron chi connectivity index (χ2n) is 7.83. The lowest BCUT2D eigenvalue weighted by atomic mass is 9.92. The first kappa shape index (κ1) is 18.7. The molecule has 0 saturated carbocycles. The zero-order chi connectivity index (χ0) is 21.0. The number of rotatable bonds is 3. The molecule has 3 aliphatic rings. The maximum absolute atomic E-state index is 15.1. The SMILES string of the molecule is O=C(O)c1cn(-c2ccc(F)cc2)c2cc(N3CC4CCC3CN4)c(F)cc2c1=O. The van der Waals surface area contributed by atoms with E-state index in [4.69, 9.17) is 0 Å². The fourth-order valence-corrected chi connectivity index (χ4v) is 4.53. The van der Waals surface area contributed by atoms with Crippen LogP contribution in [-0.2, 0) is 0 Å². The lowest BCUT2D eigenvalue weighted by molar-refractivity contribution is 0.0695. The minimum Gasteiger partial charge on any atom is -0.477 e. The van der Waals surface area contributed by atoms with Crippen LogP contribution < -0.4 is 15.6 Å². The molecule has 3 fully saturated rings. The van der Waals surface area contributed by atoms with E-state index in [2.05, 4.69) is 5.32 Å². The maximum Gasteiger partial charge on any atom is 0.341 e. The second kappa shape index (κ2) is 6.91. The predicted octanol–water partition coefficient (Wildman–Crippen LogP) is 2.91. The Morgan fingerprint density at radius 2 is 1.90 bits per heavy atom. The summed E-state index contributed by atoms with van der Waals surface area (Å²) in [4.78, 5) is 26.4. The molecular formula is C22H19F2N3O3. The van der Waals surface area contributed by atoms with Gasteiger partial charge in [-0.3, -0.25) is 4.79 Å². The third-order valence-corrected chi connectivity index (χ3v) is 6.07. The second-order valence-corrected chi connectivity index (χ2v) is 7.83. The van der Waals surface area contributed by atoms with Gasteiger partial charge in [0.25, 0.3) is 0 Å². The van der Waals surface area contributed by atoms with Crippen molar-refractivity contribution in [3.8, 4) is 5.69 Å². The van der Waals surface area contributed by atoms with Crippen LogP contribution >= 0.6 is 0 Å². The van der Waals surface area contributed by atoms with Gasteiger partial charge in [-0.05, 0) is 49.2 Å². The molecule has 30 heavy (non-hydrogen) atoms. The van der Waals surface area contributed by atoms with E-state index in [1.165, 1.54) is 35.0 Å². The zero-order valence-corrected chi connectivity index (χ0v) is 15.9. The van der Waals surface area contributed by atoms with Crippen molar-refractivity contribution < 1.29 is 18.7 Å². The molecule has 0 amide bonds. The quantitative estimate of drug-likeness (QED) is 0.693. The van der Waals surface area contributed by atoms with Crippen LogP contribution in [0.25, 0.3) is 16.6 Å². The molecule has 8 heteroatoms. The average molecular weight is 411 g/mol. The van der Waals surface area contributed by atoms with Gasteiger partial charge in [0.15, 0.2) is 0 Å². The van der Waals surface area contributed by atoms with Crippen LogP contribution in [0.5, 0.6) is 0 Å². The molecule has 2 bridgehead atoms. The summed E-state index contributed by atoms with van der Waals surface area (Å²) in [5.41, 5.74) is 0.0195. The largest absolute Gasteiger partial charge is 0.477 e. The highest BCUT2D eigenvalue weighted by atomic mass is 19.1. The van der Waals surface area contributed by atoms with Gasteiger partial charge in [-0.15, -0.1) is 0 Å². The van der Waals surface area contributed by atoms with Crippen molar-refractivity contribution in [1.29, 1.82) is 0 Å². The van der Waals surface area contributed by atoms with Crippen LogP contribution in [0.1, 0.15) is 23.2 Å². The number of pyridine rings is 1. The molecule has 2 atom stereocenters. The first-order chi connectivity index (χ1) is 14.4. The van der Waals surface area contributed by atoms with Crippen molar-refractivity contribution in [2.45, 2.75) is 24.9 Å². The third-order valence-electron chi connectivity index (χ3n) is 6.07. The summed E-state index contributed by atoms with van der Waals surface area (Å²) in [5, 5.41) is 12.9. The Hall–Kier alpha value is -3.26. The molecule has 3 aliphatic heterocycles. The molecule has 0 radical (unpaired) electrons. The van der Waals surface area contributed by atoms with Gasteiger partial charge in [0, 0.05) is 42.4 Å². The molecule has 1 aromatic heterocycles. The Morgan fingerprint density at radius 1 is 1.13 bits per heavy atom. The number of piperazine rings is 1. The number of hydrogen-bond donors (Lipinski definition) is 2. The van der Waals surface area contributed by atoms with Crippen LogP contribution in [0, 0.1) is 11.6 Å². The Kier molecular flexibility index (Phi) is 4.32. The van der Waals surface area contributed by atoms with E-state index in [0.717, 1.165) is 25.5 Å². The van der Waals surface area contributed by atoms with E-state index in [0.29, 0.717) is 29.5 Å². The van der Waals surface area contributed by atoms with Crippen LogP contribution in [-0.4, -0.2) is 40.8 Å². The van der Waals surface area contributed by atoms with Crippen molar-refractivity contribution in [2.24, 2.45) is 0 Å². The van der Waals surface area contributed by atoms with Gasteiger partial charge in [-0.2, -0.15) is 0 Å². The Labute approximate surface area is 170 Å². The van der Waals surface area contributed by atoms with E-state index in [1.807, 2.05) is 4.90 Å². The van der Waals surface area contributed by atoms with Crippen molar-refractivity contribution >= 4 is 22.6 Å². The van der Waals surface area contributed by atoms with Crippen LogP contribution in [0.2, 0.25) is 0 Å². The number of hydrogen-bond acceptors (Lipinski definition) is 4. The van der Waals surface area contributed by atoms with Gasteiger partial charge in [0.05, 0.1) is 11.2 Å². The molecular weight excluding hydrogens is 392 g/mol. The van der Waals surface area contributed by atoms with Crippen LogP contribution in [0.15, 0.2) is 47.4 Å². The lowest BCUT2D eigenvalue weighted by Crippen LogP contribution is -2.61. The van der Waals surface area contributed by atoms with Gasteiger partial charge in [0.2, 0.25) is 5.43 Å². The van der Waals surface area contributed by atoms with Crippen molar-refractivity contribution in [3.05, 3.63) is 70.0 Å². The lowest BCUT2D eigenvalue weighted by Gasteiger charge is -2.47. The number of aromatic carboxylic acids is 1. The minimum atomic E-state index is -1.40. The van der Waals surface area contributed by atoms with Crippen molar-refractivity contribution in [3.63, 3.8) is 0 Å². The molecule has 3 saturated heterocycles. The minimum absolute atomic E-state index is 0.0271. The average Bonchev–Trinajstić information content (AvgIpc) is 2.75. The summed E-state index contributed by atoms with van der Waals surface area (Å²) in [6, 6.07) is 8.64. The fourth-order valence-electron chi connectivity index (χ4n) is 4.53. The number of aromatic nitrogens is 1. The molecule has 3 aromatic rings. The number of carboxylic acid groups (broad SMARTS) is 1. The topological polar surface area (TPSA) is 74.6 Å². The summed E-state index contributed by atoms with van der Waals surface area (Å²) in [7, 11) is 0. The number of benzene rings is 2. The molecule has 154 valence electrons. The summed E-state index contributed by atoms with van der Waals surface area (Å²) in [5.74, 6) is -2.40. The molecule has 0 spiro atoms. The smallest absolute Gasteiger partial charge is 0.341 e. The highest BCUT2D eigenvalue weighted by Crippen LogP contribution is 2.33. The van der Waals surface area contributed by atoms with E-state index in [1.54, 1.807) is 6.07 Å². The molecule has 0 aliphatic carbocycles. The Balaban J connectivity index is 1.76. The predicted molar refractivity (Wildman–Crippen MR) is 109 cm³/mol. The van der Waals surface area contributed by atoms with Gasteiger partial charge < -0.3 is 19.9 Å². The van der Waals surface area contributed by atoms with Gasteiger partial charge in [-0.25, -0.2) is 13.6 Å². The third kappa shape index (κ3) is 2.95.